The summed E-state index contributed by atoms with van der Waals surface area (Å²) < 4.78 is 196. The van der Waals surface area contributed by atoms with E-state index in [0.717, 1.165) is 14.1 Å². The first-order valence-corrected chi connectivity index (χ1v) is 7.34. The van der Waals surface area contributed by atoms with Crippen molar-refractivity contribution in [3.63, 3.8) is 0 Å². The van der Waals surface area contributed by atoms with Crippen molar-refractivity contribution in [2.45, 2.75) is 60.7 Å². The number of hydrogen-bond acceptors (Lipinski definition) is 2. The second-order valence-corrected chi connectivity index (χ2v) is 6.72. The number of rotatable bonds is 8. The van der Waals surface area contributed by atoms with Crippen molar-refractivity contribution in [1.82, 2.24) is 4.90 Å². The fraction of sp³-hybridized carbons (Fsp3) is 0.923. The van der Waals surface area contributed by atoms with Crippen LogP contribution in [0.1, 0.15) is 13.3 Å². The van der Waals surface area contributed by atoms with E-state index in [1.165, 1.54) is 0 Å². The van der Waals surface area contributed by atoms with Gasteiger partial charge in [-0.3, -0.25) is 4.79 Å². The van der Waals surface area contributed by atoms with Crippen molar-refractivity contribution < 1.29 is 75.8 Å². The van der Waals surface area contributed by atoms with Crippen LogP contribution < -0.4 is 0 Å². The highest BCUT2D eigenvalue weighted by molar-refractivity contribution is 5.84. The molecule has 0 aliphatic rings. The summed E-state index contributed by atoms with van der Waals surface area (Å²) in [4.78, 5) is 11.7. The quantitative estimate of drug-likeness (QED) is 0.497. The van der Waals surface area contributed by atoms with Crippen molar-refractivity contribution in [2.75, 3.05) is 14.1 Å². The molecule has 0 aromatic heterocycles. The van der Waals surface area contributed by atoms with Gasteiger partial charge in [-0.2, -0.15) is 65.9 Å². The van der Waals surface area contributed by atoms with Crippen molar-refractivity contribution >= 4 is 5.91 Å². The molecule has 1 atom stereocenters. The lowest BCUT2D eigenvalue weighted by Crippen LogP contribution is -2.73. The number of aliphatic hydroxyl groups is 1. The van der Waals surface area contributed by atoms with Crippen LogP contribution in [0.3, 0.4) is 0 Å². The maximum absolute atomic E-state index is 13.7. The van der Waals surface area contributed by atoms with Crippen molar-refractivity contribution in [3.05, 3.63) is 0 Å². The zero-order valence-electron chi connectivity index (χ0n) is 15.2. The zero-order valence-corrected chi connectivity index (χ0v) is 15.2. The Balaban J connectivity index is 6.54. The summed E-state index contributed by atoms with van der Waals surface area (Å²) in [6.45, 7) is 0.00200. The minimum absolute atomic E-state index is 0.00200. The first-order valence-electron chi connectivity index (χ1n) is 7.34. The Labute approximate surface area is 162 Å². The summed E-state index contributed by atoms with van der Waals surface area (Å²) in [5, 5.41) is 9.46. The van der Waals surface area contributed by atoms with Crippen LogP contribution in [0, 0.1) is 0 Å². The highest BCUT2D eigenvalue weighted by atomic mass is 19.4. The predicted octanol–water partition coefficient (Wildman–Crippen LogP) is 4.59. The van der Waals surface area contributed by atoms with Crippen LogP contribution >= 0.6 is 0 Å². The number of amides is 1. The standard InChI is InChI=1S/C13H12F15NO2/c1-6(31,5(30)29(2)3)4-7(14,15)8(16,17)9(18,19)10(20,21)11(22,23)12(24,25)13(26,27)28/h31H,4H2,1-3H3. The van der Waals surface area contributed by atoms with E-state index in [0.29, 0.717) is 0 Å². The number of carbonyl (C=O) groups is 1. The molecule has 0 aliphatic carbocycles. The molecule has 0 heterocycles. The van der Waals surface area contributed by atoms with Crippen molar-refractivity contribution in [1.29, 1.82) is 0 Å². The maximum Gasteiger partial charge on any atom is 0.460 e. The summed E-state index contributed by atoms with van der Waals surface area (Å²) >= 11 is 0. The maximum atomic E-state index is 13.7. The first kappa shape index (κ1) is 29.4. The zero-order chi connectivity index (χ0) is 25.9. The number of likely N-dealkylation sites (N-methyl/N-ethyl adjacent to an activating group) is 1. The van der Waals surface area contributed by atoms with Crippen LogP contribution in [0.5, 0.6) is 0 Å². The number of hydrogen-bond donors (Lipinski definition) is 1. The molecule has 0 rings (SSSR count). The van der Waals surface area contributed by atoms with Gasteiger partial charge < -0.3 is 10.0 Å². The Hall–Kier alpha value is -1.62. The molecule has 0 saturated heterocycles. The SMILES string of the molecule is CN(C)C(=O)C(C)(O)CC(F)(F)C(F)(F)C(F)(F)C(F)(F)C(F)(F)C(F)(F)C(F)(F)F. The van der Waals surface area contributed by atoms with Gasteiger partial charge in [0.25, 0.3) is 5.91 Å². The topological polar surface area (TPSA) is 40.5 Å². The van der Waals surface area contributed by atoms with Gasteiger partial charge in [0.2, 0.25) is 0 Å². The number of alkyl halides is 15. The van der Waals surface area contributed by atoms with Crippen LogP contribution in [0.25, 0.3) is 0 Å². The molecule has 1 unspecified atom stereocenters. The Bertz CT molecular complexity index is 681. The van der Waals surface area contributed by atoms with E-state index >= 15 is 0 Å². The van der Waals surface area contributed by atoms with Gasteiger partial charge in [-0.05, 0) is 6.92 Å². The van der Waals surface area contributed by atoms with Crippen molar-refractivity contribution in [2.24, 2.45) is 0 Å². The van der Waals surface area contributed by atoms with E-state index in [1.54, 1.807) is 0 Å². The van der Waals surface area contributed by atoms with E-state index in [2.05, 4.69) is 0 Å². The van der Waals surface area contributed by atoms with Gasteiger partial charge in [0.15, 0.2) is 0 Å². The Kier molecular flexibility index (Phi) is 7.08. The minimum atomic E-state index is -8.41. The van der Waals surface area contributed by atoms with Gasteiger partial charge in [-0.25, -0.2) is 0 Å². The van der Waals surface area contributed by atoms with Gasteiger partial charge >= 0.3 is 41.7 Å². The van der Waals surface area contributed by atoms with E-state index in [9.17, 15) is 75.8 Å². The van der Waals surface area contributed by atoms with E-state index in [4.69, 9.17) is 0 Å². The molecular weight excluding hydrogens is 487 g/mol. The van der Waals surface area contributed by atoms with Gasteiger partial charge in [-0.15, -0.1) is 0 Å². The summed E-state index contributed by atoms with van der Waals surface area (Å²) in [5.74, 6) is -49.5. The van der Waals surface area contributed by atoms with Crippen LogP contribution in [0.15, 0.2) is 0 Å². The largest absolute Gasteiger partial charge is 0.460 e. The molecule has 3 nitrogen and oxygen atoms in total. The molecule has 1 N–H and O–H groups in total. The molecule has 0 aromatic carbocycles. The molecule has 18 heteroatoms. The lowest BCUT2D eigenvalue weighted by atomic mass is 9.86. The first-order chi connectivity index (χ1) is 13.1. The minimum Gasteiger partial charge on any atom is -0.380 e. The van der Waals surface area contributed by atoms with Gasteiger partial charge in [0, 0.05) is 14.1 Å². The Morgan fingerprint density at radius 2 is 0.935 bits per heavy atom. The lowest BCUT2D eigenvalue weighted by molar-refractivity contribution is -0.453. The average Bonchev–Trinajstić information content (AvgIpc) is 2.50. The molecule has 0 saturated carbocycles. The summed E-state index contributed by atoms with van der Waals surface area (Å²) in [5.41, 5.74) is -3.72. The third-order valence-electron chi connectivity index (χ3n) is 3.83. The molecule has 1 amide bonds. The van der Waals surface area contributed by atoms with Crippen LogP contribution in [-0.2, 0) is 4.79 Å². The summed E-state index contributed by atoms with van der Waals surface area (Å²) in [7, 11) is 1.44. The predicted molar refractivity (Wildman–Crippen MR) is 69.7 cm³/mol. The Morgan fingerprint density at radius 1 is 0.645 bits per heavy atom. The second kappa shape index (κ2) is 7.47. The van der Waals surface area contributed by atoms with Crippen LogP contribution in [0.2, 0.25) is 0 Å². The third-order valence-corrected chi connectivity index (χ3v) is 3.83. The molecule has 0 radical (unpaired) electrons. The molecule has 0 spiro atoms. The Morgan fingerprint density at radius 3 is 1.23 bits per heavy atom. The summed E-state index contributed by atoms with van der Waals surface area (Å²) in [6, 6.07) is 0. The van der Waals surface area contributed by atoms with Gasteiger partial charge in [-0.1, -0.05) is 0 Å². The highest BCUT2D eigenvalue weighted by Gasteiger charge is 2.93. The van der Waals surface area contributed by atoms with E-state index < -0.39 is 59.6 Å². The van der Waals surface area contributed by atoms with Crippen LogP contribution in [-0.4, -0.2) is 77.3 Å². The molecule has 0 aliphatic heterocycles. The normalized spacial score (nSPS) is 17.4. The fourth-order valence-corrected chi connectivity index (χ4v) is 2.10. The highest BCUT2D eigenvalue weighted by Crippen LogP contribution is 2.62. The molecule has 31 heavy (non-hydrogen) atoms. The lowest BCUT2D eigenvalue weighted by Gasteiger charge is -2.42. The number of carbonyl (C=O) groups excluding carboxylic acids is 1. The molecular formula is C13H12F15NO2. The number of halogens is 15. The fourth-order valence-electron chi connectivity index (χ4n) is 2.10. The monoisotopic (exact) mass is 499 g/mol. The third kappa shape index (κ3) is 4.22. The van der Waals surface area contributed by atoms with Crippen molar-refractivity contribution in [3.8, 4) is 0 Å². The number of nitrogens with zero attached hydrogens (tertiary/aromatic N) is 1. The average molecular weight is 499 g/mol. The van der Waals surface area contributed by atoms with E-state index in [1.807, 2.05) is 0 Å². The molecule has 0 bridgehead atoms. The van der Waals surface area contributed by atoms with Gasteiger partial charge in [0.05, 0.1) is 6.42 Å². The second-order valence-electron chi connectivity index (χ2n) is 6.72. The molecule has 0 aromatic rings. The van der Waals surface area contributed by atoms with E-state index in [-0.39, 0.29) is 11.8 Å². The smallest absolute Gasteiger partial charge is 0.380 e. The summed E-state index contributed by atoms with van der Waals surface area (Å²) in [6.07, 6.45) is -10.8. The van der Waals surface area contributed by atoms with Gasteiger partial charge in [0.1, 0.15) is 5.60 Å². The molecule has 0 fully saturated rings. The van der Waals surface area contributed by atoms with Crippen LogP contribution in [0.4, 0.5) is 65.9 Å². The molecule has 186 valence electrons.